The standard InChI is InChI=1S/C15H31NO2Si/c1-6-10-14(11-12-16-13(5)7-2)19-15(17-8-3)18-9-4/h14-15H,6-12H2,1-5H3. The van der Waals surface area contributed by atoms with Gasteiger partial charge in [-0.25, -0.2) is 0 Å². The molecule has 0 aliphatic carbocycles. The number of aliphatic imine (C=N–C) groups is 1. The van der Waals surface area contributed by atoms with Crippen LogP contribution in [0.15, 0.2) is 4.99 Å². The first-order valence-electron chi connectivity index (χ1n) is 7.66. The summed E-state index contributed by atoms with van der Waals surface area (Å²) in [6.07, 6.45) is 4.68. The first-order chi connectivity index (χ1) is 9.17. The van der Waals surface area contributed by atoms with E-state index in [9.17, 15) is 0 Å². The average molecular weight is 286 g/mol. The van der Waals surface area contributed by atoms with E-state index in [-0.39, 0.29) is 5.91 Å². The zero-order valence-electron chi connectivity index (χ0n) is 13.4. The van der Waals surface area contributed by atoms with Crippen LogP contribution in [-0.4, -0.2) is 40.9 Å². The molecule has 0 heterocycles. The van der Waals surface area contributed by atoms with Gasteiger partial charge in [0.15, 0.2) is 0 Å². The maximum absolute atomic E-state index is 5.66. The van der Waals surface area contributed by atoms with Crippen molar-refractivity contribution in [3.63, 3.8) is 0 Å². The monoisotopic (exact) mass is 285 g/mol. The van der Waals surface area contributed by atoms with Gasteiger partial charge in [-0.1, -0.05) is 26.7 Å². The Labute approximate surface area is 122 Å². The van der Waals surface area contributed by atoms with Gasteiger partial charge >= 0.3 is 0 Å². The summed E-state index contributed by atoms with van der Waals surface area (Å²) < 4.78 is 11.3. The normalized spacial score (nSPS) is 14.1. The summed E-state index contributed by atoms with van der Waals surface area (Å²) in [6, 6.07) is 0. The molecular weight excluding hydrogens is 254 g/mol. The van der Waals surface area contributed by atoms with Crippen molar-refractivity contribution < 1.29 is 9.47 Å². The van der Waals surface area contributed by atoms with Crippen LogP contribution in [0.25, 0.3) is 0 Å². The molecule has 0 saturated carbocycles. The summed E-state index contributed by atoms with van der Waals surface area (Å²) in [6.45, 7) is 13.0. The van der Waals surface area contributed by atoms with Crippen molar-refractivity contribution in [2.75, 3.05) is 19.8 Å². The van der Waals surface area contributed by atoms with Gasteiger partial charge in [0, 0.05) is 25.5 Å². The largest absolute Gasteiger partial charge is 0.357 e. The maximum atomic E-state index is 5.66. The number of hydrogen-bond donors (Lipinski definition) is 0. The first kappa shape index (κ1) is 18.8. The second-order valence-electron chi connectivity index (χ2n) is 4.65. The molecule has 4 heteroatoms. The minimum Gasteiger partial charge on any atom is -0.357 e. The molecule has 0 saturated heterocycles. The summed E-state index contributed by atoms with van der Waals surface area (Å²) in [4.78, 5) is 4.60. The van der Waals surface area contributed by atoms with Crippen LogP contribution in [0.5, 0.6) is 0 Å². The van der Waals surface area contributed by atoms with E-state index in [4.69, 9.17) is 9.47 Å². The molecule has 0 bridgehead atoms. The molecule has 0 aliphatic rings. The van der Waals surface area contributed by atoms with Crippen LogP contribution in [-0.2, 0) is 9.47 Å². The maximum Gasteiger partial charge on any atom is 0.137 e. The summed E-state index contributed by atoms with van der Waals surface area (Å²) in [5.41, 5.74) is 1.94. The lowest BCUT2D eigenvalue weighted by Crippen LogP contribution is -2.28. The molecule has 1 unspecified atom stereocenters. The van der Waals surface area contributed by atoms with E-state index in [1.165, 1.54) is 18.6 Å². The molecule has 0 aliphatic heterocycles. The lowest BCUT2D eigenvalue weighted by Gasteiger charge is -2.22. The van der Waals surface area contributed by atoms with Gasteiger partial charge in [-0.05, 0) is 39.2 Å². The fraction of sp³-hybridized carbons (Fsp3) is 0.933. The van der Waals surface area contributed by atoms with Gasteiger partial charge in [-0.3, -0.25) is 4.99 Å². The Bertz CT molecular complexity index is 228. The minimum atomic E-state index is -0.0113. The predicted octanol–water partition coefficient (Wildman–Crippen LogP) is 3.90. The summed E-state index contributed by atoms with van der Waals surface area (Å²) >= 11 is 0. The van der Waals surface area contributed by atoms with E-state index in [0.717, 1.165) is 42.1 Å². The third kappa shape index (κ3) is 10.3. The van der Waals surface area contributed by atoms with Gasteiger partial charge in [0.25, 0.3) is 0 Å². The molecule has 0 aromatic carbocycles. The van der Waals surface area contributed by atoms with Gasteiger partial charge in [-0.2, -0.15) is 0 Å². The van der Waals surface area contributed by atoms with Gasteiger partial charge in [0.2, 0.25) is 0 Å². The van der Waals surface area contributed by atoms with Crippen molar-refractivity contribution in [1.29, 1.82) is 0 Å². The molecule has 0 amide bonds. The van der Waals surface area contributed by atoms with Crippen molar-refractivity contribution in [3.8, 4) is 0 Å². The van der Waals surface area contributed by atoms with Crippen LogP contribution >= 0.6 is 0 Å². The number of rotatable bonds is 12. The van der Waals surface area contributed by atoms with Crippen molar-refractivity contribution in [1.82, 2.24) is 0 Å². The molecule has 0 aromatic heterocycles. The van der Waals surface area contributed by atoms with Crippen LogP contribution < -0.4 is 0 Å². The molecule has 0 spiro atoms. The summed E-state index contributed by atoms with van der Waals surface area (Å²) in [5.74, 6) is -0.0113. The molecule has 0 N–H and O–H groups in total. The fourth-order valence-corrected chi connectivity index (χ4v) is 3.48. The summed E-state index contributed by atoms with van der Waals surface area (Å²) in [7, 11) is 0.725. The smallest absolute Gasteiger partial charge is 0.137 e. The zero-order chi connectivity index (χ0) is 14.5. The Kier molecular flexibility index (Phi) is 12.7. The van der Waals surface area contributed by atoms with Gasteiger partial charge in [0.05, 0.1) is 0 Å². The van der Waals surface area contributed by atoms with E-state index >= 15 is 0 Å². The Morgan fingerprint density at radius 3 is 2.16 bits per heavy atom. The van der Waals surface area contributed by atoms with Gasteiger partial charge < -0.3 is 9.47 Å². The second kappa shape index (κ2) is 12.8. The minimum absolute atomic E-state index is 0.0113. The SMILES string of the molecule is CCCC(CCN=C(C)CC)[Si]C(OCC)OCC. The van der Waals surface area contributed by atoms with E-state index in [2.05, 4.69) is 25.8 Å². The van der Waals surface area contributed by atoms with Gasteiger partial charge in [0.1, 0.15) is 15.4 Å². The van der Waals surface area contributed by atoms with Crippen LogP contribution in [0.4, 0.5) is 0 Å². The van der Waals surface area contributed by atoms with Crippen molar-refractivity contribution in [2.24, 2.45) is 4.99 Å². The number of ether oxygens (including phenoxy) is 2. The highest BCUT2D eigenvalue weighted by molar-refractivity contribution is 6.38. The molecule has 3 nitrogen and oxygen atoms in total. The Morgan fingerprint density at radius 2 is 1.68 bits per heavy atom. The lowest BCUT2D eigenvalue weighted by atomic mass is 10.2. The first-order valence-corrected chi connectivity index (χ1v) is 8.82. The molecule has 0 fully saturated rings. The van der Waals surface area contributed by atoms with Crippen LogP contribution in [0.2, 0.25) is 5.54 Å². The molecule has 1 atom stereocenters. The Morgan fingerprint density at radius 1 is 1.05 bits per heavy atom. The highest BCUT2D eigenvalue weighted by Gasteiger charge is 2.17. The molecule has 19 heavy (non-hydrogen) atoms. The number of hydrogen-bond acceptors (Lipinski definition) is 3. The topological polar surface area (TPSA) is 30.8 Å². The zero-order valence-corrected chi connectivity index (χ0v) is 14.4. The fourth-order valence-electron chi connectivity index (χ4n) is 1.82. The van der Waals surface area contributed by atoms with Crippen LogP contribution in [0, 0.1) is 0 Å². The van der Waals surface area contributed by atoms with E-state index in [0.29, 0.717) is 5.54 Å². The number of nitrogens with zero attached hydrogens (tertiary/aromatic N) is 1. The molecular formula is C15H31NO2Si. The Hall–Kier alpha value is -0.193. The van der Waals surface area contributed by atoms with Crippen LogP contribution in [0.1, 0.15) is 60.3 Å². The molecule has 0 rings (SSSR count). The second-order valence-corrected chi connectivity index (χ2v) is 6.28. The molecule has 0 aromatic rings. The van der Waals surface area contributed by atoms with Crippen molar-refractivity contribution >= 4 is 15.2 Å². The molecule has 2 radical (unpaired) electrons. The molecule has 112 valence electrons. The van der Waals surface area contributed by atoms with Crippen molar-refractivity contribution in [2.45, 2.75) is 71.8 Å². The highest BCUT2D eigenvalue weighted by Crippen LogP contribution is 2.19. The van der Waals surface area contributed by atoms with Crippen LogP contribution in [0.3, 0.4) is 0 Å². The van der Waals surface area contributed by atoms with Gasteiger partial charge in [-0.15, -0.1) is 0 Å². The predicted molar refractivity (Wildman–Crippen MR) is 84.3 cm³/mol. The Balaban J connectivity index is 4.20. The lowest BCUT2D eigenvalue weighted by molar-refractivity contribution is -0.0834. The third-order valence-electron chi connectivity index (χ3n) is 3.02. The average Bonchev–Trinajstić information content (AvgIpc) is 2.39. The van der Waals surface area contributed by atoms with E-state index in [1.54, 1.807) is 0 Å². The quantitative estimate of drug-likeness (QED) is 0.309. The summed E-state index contributed by atoms with van der Waals surface area (Å²) in [5, 5.41) is 0. The van der Waals surface area contributed by atoms with E-state index in [1.807, 2.05) is 13.8 Å². The highest BCUT2D eigenvalue weighted by atomic mass is 28.2. The third-order valence-corrected chi connectivity index (χ3v) is 4.67. The van der Waals surface area contributed by atoms with E-state index < -0.39 is 0 Å². The van der Waals surface area contributed by atoms with Crippen molar-refractivity contribution in [3.05, 3.63) is 0 Å².